The van der Waals surface area contributed by atoms with Crippen LogP contribution in [0.2, 0.25) is 0 Å². The van der Waals surface area contributed by atoms with Gasteiger partial charge >= 0.3 is 0 Å². The third-order valence-electron chi connectivity index (χ3n) is 4.80. The van der Waals surface area contributed by atoms with E-state index in [1.165, 1.54) is 28.6 Å². The number of likely N-dealkylation sites (tertiary alicyclic amines) is 1. The fraction of sp³-hybridized carbons (Fsp3) is 0.500. The van der Waals surface area contributed by atoms with Crippen LogP contribution in [0.15, 0.2) is 29.2 Å². The highest BCUT2D eigenvalue weighted by Gasteiger charge is 2.30. The van der Waals surface area contributed by atoms with E-state index in [-0.39, 0.29) is 36.1 Å². The first-order chi connectivity index (χ1) is 12.9. The Balaban J connectivity index is 1.63. The molecular formula is C18H23N3O5S. The molecule has 0 radical (unpaired) electrons. The molecule has 27 heavy (non-hydrogen) atoms. The summed E-state index contributed by atoms with van der Waals surface area (Å²) in [6.45, 7) is 0.725. The smallest absolute Gasteiger partial charge is 0.244 e. The topological polar surface area (TPSA) is 104 Å². The third-order valence-corrected chi connectivity index (χ3v) is 6.71. The van der Waals surface area contributed by atoms with E-state index in [9.17, 15) is 22.8 Å². The number of amides is 3. The van der Waals surface area contributed by atoms with Gasteiger partial charge in [0.2, 0.25) is 27.7 Å². The van der Waals surface area contributed by atoms with E-state index in [0.29, 0.717) is 18.8 Å². The van der Waals surface area contributed by atoms with Crippen LogP contribution in [0.1, 0.15) is 38.5 Å². The number of hydrogen-bond acceptors (Lipinski definition) is 5. The van der Waals surface area contributed by atoms with Crippen LogP contribution in [0.5, 0.6) is 0 Å². The summed E-state index contributed by atoms with van der Waals surface area (Å²) in [5.74, 6) is -1.20. The minimum Gasteiger partial charge on any atom is -0.325 e. The van der Waals surface area contributed by atoms with Crippen molar-refractivity contribution in [1.29, 1.82) is 0 Å². The lowest BCUT2D eigenvalue weighted by atomic mass is 10.2. The number of benzene rings is 1. The number of rotatable bonds is 5. The van der Waals surface area contributed by atoms with Crippen LogP contribution in [0.4, 0.5) is 5.69 Å². The van der Waals surface area contributed by atoms with Crippen LogP contribution >= 0.6 is 0 Å². The van der Waals surface area contributed by atoms with Gasteiger partial charge in [-0.2, -0.15) is 4.31 Å². The van der Waals surface area contributed by atoms with Gasteiger partial charge in [0, 0.05) is 31.6 Å². The molecule has 3 rings (SSSR count). The number of carbonyl (C=O) groups excluding carboxylic acids is 3. The van der Waals surface area contributed by atoms with Crippen LogP contribution in [0.3, 0.4) is 0 Å². The van der Waals surface area contributed by atoms with Gasteiger partial charge in [-0.05, 0) is 37.1 Å². The lowest BCUT2D eigenvalue weighted by Gasteiger charge is -2.20. The summed E-state index contributed by atoms with van der Waals surface area (Å²) < 4.78 is 27.0. The van der Waals surface area contributed by atoms with E-state index in [1.807, 2.05) is 0 Å². The van der Waals surface area contributed by atoms with Gasteiger partial charge in [-0.3, -0.25) is 19.3 Å². The number of nitrogens with one attached hydrogen (secondary N) is 1. The van der Waals surface area contributed by atoms with E-state index in [0.717, 1.165) is 30.6 Å². The Morgan fingerprint density at radius 3 is 2.04 bits per heavy atom. The summed E-state index contributed by atoms with van der Waals surface area (Å²) in [6.07, 6.45) is 4.07. The van der Waals surface area contributed by atoms with Gasteiger partial charge < -0.3 is 5.32 Å². The first-order valence-electron chi connectivity index (χ1n) is 9.11. The quantitative estimate of drug-likeness (QED) is 0.760. The van der Waals surface area contributed by atoms with Crippen molar-refractivity contribution in [3.63, 3.8) is 0 Å². The van der Waals surface area contributed by atoms with Crippen molar-refractivity contribution in [2.75, 3.05) is 25.0 Å². The Morgan fingerprint density at radius 1 is 0.926 bits per heavy atom. The van der Waals surface area contributed by atoms with Gasteiger partial charge in [0.1, 0.15) is 6.54 Å². The molecule has 2 fully saturated rings. The molecule has 0 aliphatic carbocycles. The van der Waals surface area contributed by atoms with Crippen LogP contribution in [0.25, 0.3) is 0 Å². The normalized spacial score (nSPS) is 19.2. The molecule has 3 amide bonds. The molecular weight excluding hydrogens is 370 g/mol. The molecule has 0 spiro atoms. The monoisotopic (exact) mass is 393 g/mol. The summed E-state index contributed by atoms with van der Waals surface area (Å²) in [4.78, 5) is 36.3. The third kappa shape index (κ3) is 4.54. The van der Waals surface area contributed by atoms with Crippen molar-refractivity contribution in [3.05, 3.63) is 24.3 Å². The molecule has 0 aromatic heterocycles. The maximum absolute atomic E-state index is 12.7. The molecule has 0 saturated carbocycles. The number of hydrogen-bond donors (Lipinski definition) is 1. The molecule has 2 heterocycles. The Hall–Kier alpha value is -2.26. The van der Waals surface area contributed by atoms with Gasteiger partial charge in [-0.1, -0.05) is 12.8 Å². The summed E-state index contributed by atoms with van der Waals surface area (Å²) in [7, 11) is -3.54. The van der Waals surface area contributed by atoms with E-state index in [1.54, 1.807) is 0 Å². The fourth-order valence-corrected chi connectivity index (χ4v) is 4.80. The zero-order chi connectivity index (χ0) is 19.4. The average Bonchev–Trinajstić information content (AvgIpc) is 2.86. The molecule has 9 heteroatoms. The van der Waals surface area contributed by atoms with Crippen molar-refractivity contribution >= 4 is 33.4 Å². The van der Waals surface area contributed by atoms with Crippen molar-refractivity contribution in [2.45, 2.75) is 43.4 Å². The average molecular weight is 393 g/mol. The summed E-state index contributed by atoms with van der Waals surface area (Å²) in [6, 6.07) is 5.94. The Bertz CT molecular complexity index is 811. The van der Waals surface area contributed by atoms with Gasteiger partial charge in [0.15, 0.2) is 0 Å². The molecule has 1 aromatic rings. The van der Waals surface area contributed by atoms with Gasteiger partial charge in [0.05, 0.1) is 4.90 Å². The molecule has 2 saturated heterocycles. The molecule has 0 bridgehead atoms. The van der Waals surface area contributed by atoms with Crippen LogP contribution < -0.4 is 5.32 Å². The SMILES string of the molecule is O=C(CN1C(=O)CCC1=O)Nc1ccc(S(=O)(=O)N2CCCCCC2)cc1. The molecule has 1 aromatic carbocycles. The lowest BCUT2D eigenvalue weighted by molar-refractivity contribution is -0.141. The van der Waals surface area contributed by atoms with Crippen LogP contribution in [-0.4, -0.2) is 55.0 Å². The first-order valence-corrected chi connectivity index (χ1v) is 10.6. The predicted molar refractivity (Wildman–Crippen MR) is 98.3 cm³/mol. The first kappa shape index (κ1) is 19.5. The van der Waals surface area contributed by atoms with Crippen LogP contribution in [0, 0.1) is 0 Å². The van der Waals surface area contributed by atoms with Gasteiger partial charge in [-0.15, -0.1) is 0 Å². The maximum atomic E-state index is 12.7. The second-order valence-corrected chi connectivity index (χ2v) is 8.70. The van der Waals surface area contributed by atoms with E-state index in [2.05, 4.69) is 5.32 Å². The van der Waals surface area contributed by atoms with Crippen molar-refractivity contribution < 1.29 is 22.8 Å². The zero-order valence-corrected chi connectivity index (χ0v) is 15.8. The van der Waals surface area contributed by atoms with Crippen molar-refractivity contribution in [1.82, 2.24) is 9.21 Å². The molecule has 8 nitrogen and oxygen atoms in total. The molecule has 0 atom stereocenters. The number of carbonyl (C=O) groups is 3. The molecule has 0 unspecified atom stereocenters. The zero-order valence-electron chi connectivity index (χ0n) is 15.0. The number of imide groups is 1. The van der Waals surface area contributed by atoms with Crippen LogP contribution in [-0.2, 0) is 24.4 Å². The van der Waals surface area contributed by atoms with Gasteiger partial charge in [-0.25, -0.2) is 8.42 Å². The minimum atomic E-state index is -3.54. The highest BCUT2D eigenvalue weighted by molar-refractivity contribution is 7.89. The molecule has 146 valence electrons. The standard InChI is InChI=1S/C18H23N3O5S/c22-16(13-21-17(23)9-10-18(21)24)19-14-5-7-15(8-6-14)27(25,26)20-11-3-1-2-4-12-20/h5-8H,1-4,9-13H2,(H,19,22). The predicted octanol–water partition coefficient (Wildman–Crippen LogP) is 1.34. The van der Waals surface area contributed by atoms with Crippen molar-refractivity contribution in [3.8, 4) is 0 Å². The van der Waals surface area contributed by atoms with E-state index in [4.69, 9.17) is 0 Å². The molecule has 2 aliphatic rings. The Labute approximate surface area is 158 Å². The summed E-state index contributed by atoms with van der Waals surface area (Å²) in [5.41, 5.74) is 0.411. The Morgan fingerprint density at radius 2 is 1.48 bits per heavy atom. The van der Waals surface area contributed by atoms with Crippen molar-refractivity contribution in [2.24, 2.45) is 0 Å². The Kier molecular flexibility index (Phi) is 5.91. The minimum absolute atomic E-state index is 0.134. The van der Waals surface area contributed by atoms with Gasteiger partial charge in [0.25, 0.3) is 0 Å². The number of anilines is 1. The highest BCUT2D eigenvalue weighted by atomic mass is 32.2. The second kappa shape index (κ2) is 8.18. The number of sulfonamides is 1. The largest absolute Gasteiger partial charge is 0.325 e. The highest BCUT2D eigenvalue weighted by Crippen LogP contribution is 2.22. The molecule has 2 aliphatic heterocycles. The van der Waals surface area contributed by atoms with E-state index < -0.39 is 15.9 Å². The summed E-state index contributed by atoms with van der Waals surface area (Å²) >= 11 is 0. The van der Waals surface area contributed by atoms with E-state index >= 15 is 0 Å². The lowest BCUT2D eigenvalue weighted by Crippen LogP contribution is -2.36. The maximum Gasteiger partial charge on any atom is 0.244 e. The fourth-order valence-electron chi connectivity index (χ4n) is 3.28. The number of nitrogens with zero attached hydrogens (tertiary/aromatic N) is 2. The molecule has 1 N–H and O–H groups in total. The summed E-state index contributed by atoms with van der Waals surface area (Å²) in [5, 5.41) is 2.58. The second-order valence-electron chi connectivity index (χ2n) is 6.76.